The summed E-state index contributed by atoms with van der Waals surface area (Å²) in [6.07, 6.45) is 0. The lowest BCUT2D eigenvalue weighted by Gasteiger charge is -2.22. The molecule has 1 N–H and O–H groups in total. The van der Waals surface area contributed by atoms with Gasteiger partial charge in [-0.05, 0) is 19.4 Å². The molecule has 0 aliphatic carbocycles. The molecule has 0 saturated heterocycles. The number of ether oxygens (including phenoxy) is 1. The molecule has 1 rings (SSSR count). The average Bonchev–Trinajstić information content (AvgIpc) is 2.04. The first-order valence-electron chi connectivity index (χ1n) is 4.35. The predicted molar refractivity (Wildman–Crippen MR) is 52.6 cm³/mol. The van der Waals surface area contributed by atoms with Crippen LogP contribution in [0.5, 0.6) is 0 Å². The van der Waals surface area contributed by atoms with Gasteiger partial charge in [0, 0.05) is 7.11 Å². The summed E-state index contributed by atoms with van der Waals surface area (Å²) in [5.41, 5.74) is 1.16. The van der Waals surface area contributed by atoms with Gasteiger partial charge < -0.3 is 9.84 Å². The molecule has 0 aliphatic rings. The van der Waals surface area contributed by atoms with Gasteiger partial charge in [0.1, 0.15) is 5.60 Å². The number of methoxy groups -OCH3 is 1. The molecule has 0 aliphatic heterocycles. The van der Waals surface area contributed by atoms with E-state index in [-0.39, 0.29) is 0 Å². The van der Waals surface area contributed by atoms with Gasteiger partial charge in [-0.15, -0.1) is 0 Å². The molecule has 1 aromatic carbocycles. The van der Waals surface area contributed by atoms with Crippen LogP contribution in [0, 0.1) is 6.92 Å². The third-order valence-corrected chi connectivity index (χ3v) is 2.07. The molecule has 0 amide bonds. The predicted octanol–water partition coefficient (Wildman–Crippen LogP) is 1.85. The third-order valence-electron chi connectivity index (χ3n) is 2.07. The minimum atomic E-state index is -0.888. The van der Waals surface area contributed by atoms with Gasteiger partial charge >= 0.3 is 0 Å². The summed E-state index contributed by atoms with van der Waals surface area (Å²) in [5.74, 6) is 0. The molecule has 1 atom stereocenters. The Morgan fingerprint density at radius 2 is 2.15 bits per heavy atom. The molecule has 0 fully saturated rings. The van der Waals surface area contributed by atoms with E-state index in [0.717, 1.165) is 11.1 Å². The maximum absolute atomic E-state index is 9.99. The highest BCUT2D eigenvalue weighted by Gasteiger charge is 2.22. The molecule has 0 saturated carbocycles. The Hall–Kier alpha value is -0.860. The van der Waals surface area contributed by atoms with Crippen molar-refractivity contribution in [2.75, 3.05) is 13.7 Å². The van der Waals surface area contributed by atoms with Crippen LogP contribution >= 0.6 is 0 Å². The molecule has 1 aromatic rings. The molecular formula is C11H16O2. The van der Waals surface area contributed by atoms with Crippen LogP contribution in [0.25, 0.3) is 0 Å². The molecule has 0 bridgehead atoms. The zero-order valence-electron chi connectivity index (χ0n) is 8.37. The fraction of sp³-hybridized carbons (Fsp3) is 0.455. The van der Waals surface area contributed by atoms with E-state index in [2.05, 4.69) is 0 Å². The van der Waals surface area contributed by atoms with Crippen molar-refractivity contribution in [2.45, 2.75) is 19.4 Å². The first-order valence-corrected chi connectivity index (χ1v) is 4.35. The third kappa shape index (κ3) is 2.54. The quantitative estimate of drug-likeness (QED) is 0.769. The second-order valence-corrected chi connectivity index (χ2v) is 3.58. The Kier molecular flexibility index (Phi) is 3.07. The van der Waals surface area contributed by atoms with Crippen molar-refractivity contribution in [1.29, 1.82) is 0 Å². The van der Waals surface area contributed by atoms with Crippen molar-refractivity contribution in [1.82, 2.24) is 0 Å². The molecule has 0 radical (unpaired) electrons. The van der Waals surface area contributed by atoms with Crippen molar-refractivity contribution < 1.29 is 9.84 Å². The lowest BCUT2D eigenvalue weighted by atomic mass is 9.96. The molecule has 0 heterocycles. The smallest absolute Gasteiger partial charge is 0.110 e. The topological polar surface area (TPSA) is 29.5 Å². The minimum absolute atomic E-state index is 0.316. The van der Waals surface area contributed by atoms with Crippen LogP contribution in [-0.4, -0.2) is 18.8 Å². The summed E-state index contributed by atoms with van der Waals surface area (Å²) in [5, 5.41) is 9.99. The second kappa shape index (κ2) is 3.90. The van der Waals surface area contributed by atoms with Crippen LogP contribution in [0.15, 0.2) is 24.3 Å². The van der Waals surface area contributed by atoms with Gasteiger partial charge in [0.05, 0.1) is 6.61 Å². The van der Waals surface area contributed by atoms with Crippen molar-refractivity contribution in [3.63, 3.8) is 0 Å². The normalized spacial score (nSPS) is 15.4. The second-order valence-electron chi connectivity index (χ2n) is 3.58. The summed E-state index contributed by atoms with van der Waals surface area (Å²) in [6.45, 7) is 4.08. The van der Waals surface area contributed by atoms with Gasteiger partial charge in [0.25, 0.3) is 0 Å². The highest BCUT2D eigenvalue weighted by atomic mass is 16.5. The highest BCUT2D eigenvalue weighted by Crippen LogP contribution is 2.21. The van der Waals surface area contributed by atoms with Gasteiger partial charge in [-0.2, -0.15) is 0 Å². The van der Waals surface area contributed by atoms with E-state index in [1.165, 1.54) is 0 Å². The first kappa shape index (κ1) is 10.2. The van der Waals surface area contributed by atoms with E-state index in [4.69, 9.17) is 4.74 Å². The SMILES string of the molecule is COCC(C)(O)c1cccc(C)c1. The summed E-state index contributed by atoms with van der Waals surface area (Å²) < 4.78 is 4.95. The maximum Gasteiger partial charge on any atom is 0.110 e. The average molecular weight is 180 g/mol. The maximum atomic E-state index is 9.99. The van der Waals surface area contributed by atoms with E-state index in [1.54, 1.807) is 14.0 Å². The number of rotatable bonds is 3. The minimum Gasteiger partial charge on any atom is -0.383 e. The summed E-state index contributed by atoms with van der Waals surface area (Å²) in [4.78, 5) is 0. The number of hydrogen-bond donors (Lipinski definition) is 1. The van der Waals surface area contributed by atoms with Crippen LogP contribution in [-0.2, 0) is 10.3 Å². The molecule has 2 heteroatoms. The lowest BCUT2D eigenvalue weighted by molar-refractivity contribution is -0.0208. The van der Waals surface area contributed by atoms with Gasteiger partial charge in [0.15, 0.2) is 0 Å². The molecule has 72 valence electrons. The van der Waals surface area contributed by atoms with Gasteiger partial charge in [0.2, 0.25) is 0 Å². The van der Waals surface area contributed by atoms with Crippen LogP contribution in [0.1, 0.15) is 18.1 Å². The lowest BCUT2D eigenvalue weighted by Crippen LogP contribution is -2.27. The highest BCUT2D eigenvalue weighted by molar-refractivity contribution is 5.26. The van der Waals surface area contributed by atoms with Gasteiger partial charge in [-0.1, -0.05) is 29.8 Å². The molecular weight excluding hydrogens is 164 g/mol. The molecule has 2 nitrogen and oxygen atoms in total. The number of aliphatic hydroxyl groups is 1. The van der Waals surface area contributed by atoms with Crippen LogP contribution in [0.4, 0.5) is 0 Å². The Bertz CT molecular complexity index is 279. The monoisotopic (exact) mass is 180 g/mol. The Morgan fingerprint density at radius 1 is 1.46 bits per heavy atom. The molecule has 13 heavy (non-hydrogen) atoms. The van der Waals surface area contributed by atoms with Gasteiger partial charge in [-0.3, -0.25) is 0 Å². The molecule has 0 aromatic heterocycles. The van der Waals surface area contributed by atoms with Crippen LogP contribution in [0.3, 0.4) is 0 Å². The summed E-state index contributed by atoms with van der Waals surface area (Å²) >= 11 is 0. The molecule has 0 spiro atoms. The van der Waals surface area contributed by atoms with E-state index >= 15 is 0 Å². The zero-order chi connectivity index (χ0) is 9.90. The van der Waals surface area contributed by atoms with E-state index < -0.39 is 5.60 Å². The first-order chi connectivity index (χ1) is 6.06. The van der Waals surface area contributed by atoms with Crippen molar-refractivity contribution in [3.8, 4) is 0 Å². The molecule has 1 unspecified atom stereocenters. The van der Waals surface area contributed by atoms with Crippen molar-refractivity contribution >= 4 is 0 Å². The van der Waals surface area contributed by atoms with E-state index in [1.807, 2.05) is 31.2 Å². The number of hydrogen-bond acceptors (Lipinski definition) is 2. The Morgan fingerprint density at radius 3 is 2.69 bits per heavy atom. The van der Waals surface area contributed by atoms with Crippen molar-refractivity contribution in [3.05, 3.63) is 35.4 Å². The van der Waals surface area contributed by atoms with E-state index in [0.29, 0.717) is 6.61 Å². The number of benzene rings is 1. The van der Waals surface area contributed by atoms with E-state index in [9.17, 15) is 5.11 Å². The largest absolute Gasteiger partial charge is 0.383 e. The zero-order valence-corrected chi connectivity index (χ0v) is 8.37. The Balaban J connectivity index is 2.93. The van der Waals surface area contributed by atoms with Crippen molar-refractivity contribution in [2.24, 2.45) is 0 Å². The number of aryl methyl sites for hydroxylation is 1. The van der Waals surface area contributed by atoms with Crippen LogP contribution < -0.4 is 0 Å². The summed E-state index contributed by atoms with van der Waals surface area (Å²) in [7, 11) is 1.59. The fourth-order valence-corrected chi connectivity index (χ4v) is 1.34. The Labute approximate surface area is 79.2 Å². The summed E-state index contributed by atoms with van der Waals surface area (Å²) in [6, 6.07) is 7.83. The van der Waals surface area contributed by atoms with Gasteiger partial charge in [-0.25, -0.2) is 0 Å². The fourth-order valence-electron chi connectivity index (χ4n) is 1.34. The van der Waals surface area contributed by atoms with Crippen LogP contribution in [0.2, 0.25) is 0 Å². The standard InChI is InChI=1S/C11H16O2/c1-9-5-4-6-10(7-9)11(2,12)8-13-3/h4-7,12H,8H2,1-3H3.